The molecule has 0 saturated heterocycles. The van der Waals surface area contributed by atoms with Crippen molar-refractivity contribution in [3.8, 4) is 5.75 Å². The summed E-state index contributed by atoms with van der Waals surface area (Å²) in [5.41, 5.74) is 6.80. The third kappa shape index (κ3) is 4.04. The minimum Gasteiger partial charge on any atom is -0.491 e. The number of likely N-dealkylation sites (N-methyl/N-ethyl adjacent to an activating group) is 1. The molecule has 0 aliphatic heterocycles. The Morgan fingerprint density at radius 2 is 2.00 bits per heavy atom. The van der Waals surface area contributed by atoms with Crippen LogP contribution in [0.5, 0.6) is 5.75 Å². The quantitative estimate of drug-likeness (QED) is 0.595. The Bertz CT molecular complexity index is 401. The number of hydrogen-bond donors (Lipinski definition) is 1. The van der Waals surface area contributed by atoms with Gasteiger partial charge in [0, 0.05) is 12.2 Å². The van der Waals surface area contributed by atoms with Crippen LogP contribution in [0.15, 0.2) is 18.2 Å². The van der Waals surface area contributed by atoms with Crippen LogP contribution in [-0.4, -0.2) is 36.9 Å². The van der Waals surface area contributed by atoms with E-state index >= 15 is 0 Å². The van der Waals surface area contributed by atoms with E-state index in [-0.39, 0.29) is 5.78 Å². The number of nitrogens with two attached hydrogens (primary N) is 1. The molecule has 2 N–H and O–H groups in total. The van der Waals surface area contributed by atoms with Gasteiger partial charge in [-0.1, -0.05) is 13.8 Å². The van der Waals surface area contributed by atoms with Gasteiger partial charge in [-0.25, -0.2) is 0 Å². The summed E-state index contributed by atoms with van der Waals surface area (Å²) in [5.74, 6) is 0.587. The Kier molecular flexibility index (Phi) is 5.65. The predicted molar refractivity (Wildman–Crippen MR) is 74.1 cm³/mol. The molecular weight excluding hydrogens is 228 g/mol. The minimum atomic E-state index is -0.0276. The molecule has 1 aromatic carbocycles. The van der Waals surface area contributed by atoms with Crippen LogP contribution >= 0.6 is 0 Å². The van der Waals surface area contributed by atoms with Gasteiger partial charge in [0.05, 0.1) is 5.56 Å². The average Bonchev–Trinajstić information content (AvgIpc) is 2.36. The maximum Gasteiger partial charge on any atom is 0.163 e. The summed E-state index contributed by atoms with van der Waals surface area (Å²) in [6.45, 7) is 9.19. The summed E-state index contributed by atoms with van der Waals surface area (Å²) in [5, 5.41) is 0. The smallest absolute Gasteiger partial charge is 0.163 e. The predicted octanol–water partition coefficient (Wildman–Crippen LogP) is 2.19. The van der Waals surface area contributed by atoms with Gasteiger partial charge >= 0.3 is 0 Å². The van der Waals surface area contributed by atoms with E-state index in [0.717, 1.165) is 19.6 Å². The van der Waals surface area contributed by atoms with Crippen molar-refractivity contribution in [2.45, 2.75) is 20.8 Å². The van der Waals surface area contributed by atoms with Gasteiger partial charge in [-0.15, -0.1) is 0 Å². The number of hydrogen-bond acceptors (Lipinski definition) is 4. The van der Waals surface area contributed by atoms with Crippen LogP contribution in [0.4, 0.5) is 5.69 Å². The number of nitrogens with zero attached hydrogens (tertiary/aromatic N) is 1. The largest absolute Gasteiger partial charge is 0.491 e. The van der Waals surface area contributed by atoms with Gasteiger partial charge in [0.2, 0.25) is 0 Å². The summed E-state index contributed by atoms with van der Waals surface area (Å²) in [6.07, 6.45) is 0. The van der Waals surface area contributed by atoms with Crippen molar-refractivity contribution in [3.05, 3.63) is 23.8 Å². The van der Waals surface area contributed by atoms with Crippen LogP contribution in [0.1, 0.15) is 31.1 Å². The second-order valence-electron chi connectivity index (χ2n) is 4.19. The van der Waals surface area contributed by atoms with Gasteiger partial charge in [0.1, 0.15) is 12.4 Å². The lowest BCUT2D eigenvalue weighted by molar-refractivity contribution is 0.101. The lowest BCUT2D eigenvalue weighted by Gasteiger charge is -2.18. The third-order valence-electron chi connectivity index (χ3n) is 2.94. The van der Waals surface area contributed by atoms with Crippen molar-refractivity contribution >= 4 is 11.5 Å². The van der Waals surface area contributed by atoms with E-state index in [2.05, 4.69) is 18.7 Å². The second kappa shape index (κ2) is 7.01. The number of carbonyl (C=O) groups is 1. The van der Waals surface area contributed by atoms with E-state index in [0.29, 0.717) is 23.6 Å². The number of rotatable bonds is 7. The highest BCUT2D eigenvalue weighted by molar-refractivity contribution is 5.97. The summed E-state index contributed by atoms with van der Waals surface area (Å²) in [6, 6.07) is 5.17. The molecule has 0 amide bonds. The Labute approximate surface area is 109 Å². The fourth-order valence-corrected chi connectivity index (χ4v) is 1.77. The molecule has 1 aromatic rings. The number of anilines is 1. The van der Waals surface area contributed by atoms with E-state index < -0.39 is 0 Å². The Hall–Kier alpha value is -1.55. The second-order valence-corrected chi connectivity index (χ2v) is 4.19. The van der Waals surface area contributed by atoms with Crippen molar-refractivity contribution in [3.63, 3.8) is 0 Å². The first-order chi connectivity index (χ1) is 8.58. The van der Waals surface area contributed by atoms with Crippen molar-refractivity contribution in [2.24, 2.45) is 0 Å². The first-order valence-corrected chi connectivity index (χ1v) is 6.34. The van der Waals surface area contributed by atoms with Crippen LogP contribution in [0.3, 0.4) is 0 Å². The van der Waals surface area contributed by atoms with E-state index in [4.69, 9.17) is 10.5 Å². The number of carbonyl (C=O) groups excluding carboxylic acids is 1. The third-order valence-corrected chi connectivity index (χ3v) is 2.94. The molecule has 0 fully saturated rings. The van der Waals surface area contributed by atoms with Gasteiger partial charge in [0.15, 0.2) is 5.78 Å². The van der Waals surface area contributed by atoms with Crippen molar-refractivity contribution in [1.29, 1.82) is 0 Å². The Morgan fingerprint density at radius 1 is 1.33 bits per heavy atom. The lowest BCUT2D eigenvalue weighted by atomic mass is 10.1. The summed E-state index contributed by atoms with van der Waals surface area (Å²) in [7, 11) is 0. The molecule has 0 saturated carbocycles. The van der Waals surface area contributed by atoms with Crippen molar-refractivity contribution in [1.82, 2.24) is 4.90 Å². The molecule has 0 heterocycles. The number of benzene rings is 1. The van der Waals surface area contributed by atoms with Gasteiger partial charge in [-0.3, -0.25) is 4.79 Å². The highest BCUT2D eigenvalue weighted by Crippen LogP contribution is 2.21. The zero-order chi connectivity index (χ0) is 13.5. The van der Waals surface area contributed by atoms with Gasteiger partial charge < -0.3 is 15.4 Å². The van der Waals surface area contributed by atoms with Crippen LogP contribution in [0, 0.1) is 0 Å². The van der Waals surface area contributed by atoms with Gasteiger partial charge in [0.25, 0.3) is 0 Å². The number of nitrogen functional groups attached to an aromatic ring is 1. The van der Waals surface area contributed by atoms with Gasteiger partial charge in [-0.2, -0.15) is 0 Å². The molecule has 0 unspecified atom stereocenters. The summed E-state index contributed by atoms with van der Waals surface area (Å²) in [4.78, 5) is 13.8. The highest BCUT2D eigenvalue weighted by Gasteiger charge is 2.09. The number of Topliss-reactive ketones (excluding diaryl/α,β-unsaturated/α-hetero) is 1. The molecule has 4 heteroatoms. The molecule has 1 rings (SSSR count). The first-order valence-electron chi connectivity index (χ1n) is 6.34. The van der Waals surface area contributed by atoms with Crippen LogP contribution in [-0.2, 0) is 0 Å². The maximum absolute atomic E-state index is 11.5. The molecule has 18 heavy (non-hydrogen) atoms. The molecule has 0 radical (unpaired) electrons. The zero-order valence-electron chi connectivity index (χ0n) is 11.4. The number of ketones is 1. The molecular formula is C14H22N2O2. The molecule has 4 nitrogen and oxygen atoms in total. The van der Waals surface area contributed by atoms with E-state index in [1.807, 2.05) is 0 Å². The molecule has 0 bridgehead atoms. The Morgan fingerprint density at radius 3 is 2.56 bits per heavy atom. The van der Waals surface area contributed by atoms with E-state index in [9.17, 15) is 4.79 Å². The molecule has 0 aliphatic carbocycles. The molecule has 100 valence electrons. The highest BCUT2D eigenvalue weighted by atomic mass is 16.5. The van der Waals surface area contributed by atoms with Crippen LogP contribution in [0.25, 0.3) is 0 Å². The van der Waals surface area contributed by atoms with Crippen LogP contribution < -0.4 is 10.5 Å². The SMILES string of the molecule is CCN(CC)CCOc1ccc(N)cc1C(C)=O. The Balaban J connectivity index is 2.64. The molecule has 0 aromatic heterocycles. The first kappa shape index (κ1) is 14.5. The monoisotopic (exact) mass is 250 g/mol. The standard InChI is InChI=1S/C14H22N2O2/c1-4-16(5-2)8-9-18-14-7-6-12(15)10-13(14)11(3)17/h6-7,10H,4-5,8-9,15H2,1-3H3. The molecule has 0 spiro atoms. The topological polar surface area (TPSA) is 55.6 Å². The van der Waals surface area contributed by atoms with Crippen LogP contribution in [0.2, 0.25) is 0 Å². The maximum atomic E-state index is 11.5. The van der Waals surface area contributed by atoms with Crippen molar-refractivity contribution < 1.29 is 9.53 Å². The summed E-state index contributed by atoms with van der Waals surface area (Å²) < 4.78 is 5.67. The lowest BCUT2D eigenvalue weighted by Crippen LogP contribution is -2.28. The van der Waals surface area contributed by atoms with Crippen molar-refractivity contribution in [2.75, 3.05) is 32.0 Å². The summed E-state index contributed by atoms with van der Waals surface area (Å²) >= 11 is 0. The fraction of sp³-hybridized carbons (Fsp3) is 0.500. The average molecular weight is 250 g/mol. The number of ether oxygens (including phenoxy) is 1. The minimum absolute atomic E-state index is 0.0276. The van der Waals surface area contributed by atoms with E-state index in [1.165, 1.54) is 6.92 Å². The molecule has 0 aliphatic rings. The van der Waals surface area contributed by atoms with Gasteiger partial charge in [-0.05, 0) is 38.2 Å². The molecule has 0 atom stereocenters. The van der Waals surface area contributed by atoms with E-state index in [1.54, 1.807) is 18.2 Å². The zero-order valence-corrected chi connectivity index (χ0v) is 11.4. The fourth-order valence-electron chi connectivity index (χ4n) is 1.77. The normalized spacial score (nSPS) is 10.7.